The van der Waals surface area contributed by atoms with Gasteiger partial charge in [0.25, 0.3) is 0 Å². The van der Waals surface area contributed by atoms with Crippen molar-refractivity contribution in [1.29, 1.82) is 0 Å². The van der Waals surface area contributed by atoms with Crippen molar-refractivity contribution in [2.75, 3.05) is 0 Å². The molecular formula is C33H33F2NP2. The molecule has 38 heavy (non-hydrogen) atoms. The first-order chi connectivity index (χ1) is 18.7. The molecule has 4 aromatic rings. The first kappa shape index (κ1) is 25.8. The summed E-state index contributed by atoms with van der Waals surface area (Å²) in [6.45, 7) is 0. The summed E-state index contributed by atoms with van der Waals surface area (Å²) in [5.41, 5.74) is 3.44. The lowest BCUT2D eigenvalue weighted by Crippen LogP contribution is -2.35. The molecule has 0 bridgehead atoms. The van der Waals surface area contributed by atoms with Crippen LogP contribution in [0.5, 0.6) is 0 Å². The average molecular weight is 544 g/mol. The third-order valence-corrected chi connectivity index (χ3v) is 14.7. The van der Waals surface area contributed by atoms with Crippen molar-refractivity contribution in [3.05, 3.63) is 132 Å². The highest BCUT2D eigenvalue weighted by molar-refractivity contribution is 7.79. The molecule has 4 aromatic carbocycles. The highest BCUT2D eigenvalue weighted by Gasteiger charge is 2.47. The summed E-state index contributed by atoms with van der Waals surface area (Å²) >= 11 is 0. The minimum absolute atomic E-state index is 0.230. The van der Waals surface area contributed by atoms with Crippen molar-refractivity contribution in [3.63, 3.8) is 0 Å². The van der Waals surface area contributed by atoms with Crippen LogP contribution in [0.2, 0.25) is 0 Å². The van der Waals surface area contributed by atoms with E-state index in [1.807, 2.05) is 24.3 Å². The Morgan fingerprint density at radius 2 is 0.974 bits per heavy atom. The lowest BCUT2D eigenvalue weighted by atomic mass is 10.0. The molecule has 0 aromatic heterocycles. The van der Waals surface area contributed by atoms with E-state index in [0.717, 1.165) is 25.7 Å². The van der Waals surface area contributed by atoms with Crippen LogP contribution >= 0.6 is 16.1 Å². The largest absolute Gasteiger partial charge is 0.248 e. The average Bonchev–Trinajstić information content (AvgIpc) is 3.65. The minimum atomic E-state index is -1.40. The molecule has 2 aliphatic rings. The first-order valence-corrected chi connectivity index (χ1v) is 16.4. The van der Waals surface area contributed by atoms with Gasteiger partial charge in [-0.2, -0.15) is 0 Å². The second kappa shape index (κ2) is 11.7. The molecule has 1 nitrogen and oxygen atoms in total. The van der Waals surface area contributed by atoms with E-state index in [0.29, 0.717) is 28.0 Å². The van der Waals surface area contributed by atoms with Crippen LogP contribution in [0.15, 0.2) is 109 Å². The molecule has 194 valence electrons. The molecule has 0 spiro atoms. The van der Waals surface area contributed by atoms with Crippen LogP contribution in [-0.4, -0.2) is 10.5 Å². The van der Waals surface area contributed by atoms with E-state index in [2.05, 4.69) is 65.1 Å². The maximum absolute atomic E-state index is 15.7. The summed E-state index contributed by atoms with van der Waals surface area (Å²) in [6.07, 6.45) is 6.71. The third-order valence-electron chi connectivity index (χ3n) is 7.97. The highest BCUT2D eigenvalue weighted by Crippen LogP contribution is 2.77. The van der Waals surface area contributed by atoms with Crippen LogP contribution in [0.3, 0.4) is 0 Å². The zero-order valence-corrected chi connectivity index (χ0v) is 23.3. The highest BCUT2D eigenvalue weighted by atomic mass is 31.2. The topological polar surface area (TPSA) is 3.24 Å². The molecule has 3 atom stereocenters. The van der Waals surface area contributed by atoms with E-state index in [-0.39, 0.29) is 11.6 Å². The molecule has 0 N–H and O–H groups in total. The number of rotatable bonds is 7. The van der Waals surface area contributed by atoms with Crippen LogP contribution in [0, 0.1) is 11.6 Å². The van der Waals surface area contributed by atoms with E-state index in [9.17, 15) is 0 Å². The molecule has 0 amide bonds. The number of halogens is 2. The summed E-state index contributed by atoms with van der Waals surface area (Å²) in [4.78, 5) is 0. The van der Waals surface area contributed by atoms with E-state index >= 15 is 8.78 Å². The van der Waals surface area contributed by atoms with Crippen molar-refractivity contribution >= 4 is 26.8 Å². The smallest absolute Gasteiger partial charge is 0.132 e. The van der Waals surface area contributed by atoms with Crippen LogP contribution in [0.4, 0.5) is 8.78 Å². The van der Waals surface area contributed by atoms with Gasteiger partial charge >= 0.3 is 0 Å². The van der Waals surface area contributed by atoms with Crippen molar-refractivity contribution < 1.29 is 8.78 Å². The van der Waals surface area contributed by atoms with Crippen LogP contribution in [0.1, 0.15) is 61.0 Å². The molecule has 2 unspecified atom stereocenters. The Morgan fingerprint density at radius 1 is 0.553 bits per heavy atom. The molecule has 1 heterocycles. The number of hydrogen-bond acceptors (Lipinski definition) is 1. The molecule has 5 heteroatoms. The van der Waals surface area contributed by atoms with Gasteiger partial charge in [-0.15, -0.1) is 0 Å². The maximum Gasteiger partial charge on any atom is 0.132 e. The molecule has 1 aliphatic heterocycles. The van der Waals surface area contributed by atoms with E-state index in [1.165, 1.54) is 24.0 Å². The molecule has 2 fully saturated rings. The molecule has 6 rings (SSSR count). The van der Waals surface area contributed by atoms with Gasteiger partial charge in [-0.1, -0.05) is 97.8 Å². The van der Waals surface area contributed by atoms with Crippen LogP contribution in [0.25, 0.3) is 0 Å². The van der Waals surface area contributed by atoms with Gasteiger partial charge in [0.2, 0.25) is 0 Å². The monoisotopic (exact) mass is 543 g/mol. The fourth-order valence-corrected chi connectivity index (χ4v) is 14.1. The Balaban J connectivity index is 1.57. The van der Waals surface area contributed by atoms with Gasteiger partial charge in [0.1, 0.15) is 11.6 Å². The second-order valence-electron chi connectivity index (χ2n) is 10.3. The lowest BCUT2D eigenvalue weighted by Gasteiger charge is -2.46. The Bertz CT molecular complexity index is 1250. The number of nitrogens with zero attached hydrogens (tertiary/aromatic N) is 1. The van der Waals surface area contributed by atoms with Gasteiger partial charge in [0.15, 0.2) is 0 Å². The summed E-state index contributed by atoms with van der Waals surface area (Å²) in [6, 6.07) is 36.2. The van der Waals surface area contributed by atoms with Crippen molar-refractivity contribution in [1.82, 2.24) is 4.44 Å². The Morgan fingerprint density at radius 3 is 1.42 bits per heavy atom. The van der Waals surface area contributed by atoms with E-state index < -0.39 is 16.1 Å². The third kappa shape index (κ3) is 5.10. The Labute approximate surface area is 227 Å². The molecule has 1 saturated heterocycles. The summed E-state index contributed by atoms with van der Waals surface area (Å²) < 4.78 is 34.1. The van der Waals surface area contributed by atoms with Gasteiger partial charge < -0.3 is 0 Å². The Hall–Kier alpha value is -2.44. The van der Waals surface area contributed by atoms with Gasteiger partial charge in [0.05, 0.1) is 0 Å². The zero-order valence-electron chi connectivity index (χ0n) is 21.5. The minimum Gasteiger partial charge on any atom is -0.248 e. The number of hydrogen-bond donors (Lipinski definition) is 0. The summed E-state index contributed by atoms with van der Waals surface area (Å²) in [5.74, 6) is -0.460. The summed E-state index contributed by atoms with van der Waals surface area (Å²) in [7, 11) is -2.18. The quantitative estimate of drug-likeness (QED) is 0.210. The van der Waals surface area contributed by atoms with Crippen LogP contribution in [-0.2, 0) is 0 Å². The molecule has 0 radical (unpaired) electrons. The van der Waals surface area contributed by atoms with Gasteiger partial charge in [-0.3, -0.25) is 0 Å². The Kier molecular flexibility index (Phi) is 7.98. The van der Waals surface area contributed by atoms with Crippen molar-refractivity contribution in [2.45, 2.75) is 55.9 Å². The fourth-order valence-electron chi connectivity index (χ4n) is 6.26. The van der Waals surface area contributed by atoms with E-state index in [4.69, 9.17) is 0 Å². The van der Waals surface area contributed by atoms with Gasteiger partial charge in [-0.05, 0) is 69.1 Å². The predicted octanol–water partition coefficient (Wildman–Crippen LogP) is 9.23. The maximum atomic E-state index is 15.7. The lowest BCUT2D eigenvalue weighted by molar-refractivity contribution is 0.498. The second-order valence-corrected chi connectivity index (χ2v) is 15.1. The first-order valence-electron chi connectivity index (χ1n) is 13.7. The molecule has 1 saturated carbocycles. The molecular weight excluding hydrogens is 510 g/mol. The van der Waals surface area contributed by atoms with Crippen molar-refractivity contribution in [3.8, 4) is 0 Å². The SMILES string of the molecule is Fc1ccccc1P(c1ccccc1F)N(C1CCCC1)P1C(c2ccccc2)CC[C@H]1c1ccccc1. The standard InChI is InChI=1S/C33H33F2NP2/c34-28-19-9-11-21-32(28)38(33-22-12-10-20-29(33)35)36(27-17-7-8-18-27)37-30(25-13-3-1-4-14-25)23-24-31(37)26-15-5-2-6-16-26/h1-6,9-16,19-22,27,30-31H,7-8,17-18,23-24H2/t30-,31?,37?/m0/s1. The van der Waals surface area contributed by atoms with Gasteiger partial charge in [0, 0.05) is 36.0 Å². The fraction of sp³-hybridized carbons (Fsp3) is 0.273. The summed E-state index contributed by atoms with van der Waals surface area (Å²) in [5, 5.41) is 1.29. The molecule has 1 aliphatic carbocycles. The number of benzene rings is 4. The zero-order chi connectivity index (χ0) is 25.9. The normalized spacial score (nSPS) is 21.9. The van der Waals surface area contributed by atoms with Gasteiger partial charge in [-0.25, -0.2) is 13.2 Å². The van der Waals surface area contributed by atoms with E-state index in [1.54, 1.807) is 24.3 Å². The van der Waals surface area contributed by atoms with Crippen LogP contribution < -0.4 is 10.6 Å². The van der Waals surface area contributed by atoms with Crippen molar-refractivity contribution in [2.24, 2.45) is 0 Å². The predicted molar refractivity (Wildman–Crippen MR) is 158 cm³/mol.